The molecule has 2 nitrogen and oxygen atoms in total. The smallest absolute Gasteiger partial charge is 0.246 e. The van der Waals surface area contributed by atoms with Gasteiger partial charge in [-0.05, 0) is 25.0 Å². The molecule has 0 radical (unpaired) electrons. The highest BCUT2D eigenvalue weighted by atomic mass is 16.2. The molecule has 17 heavy (non-hydrogen) atoms. The molecular weight excluding hydrogens is 210 g/mol. The molecule has 1 aromatic rings. The van der Waals surface area contributed by atoms with Crippen molar-refractivity contribution in [2.75, 3.05) is 7.05 Å². The Hall–Kier alpha value is -1.83. The number of rotatable bonds is 4. The molecule has 2 heteroatoms. The Morgan fingerprint density at radius 1 is 1.29 bits per heavy atom. The van der Waals surface area contributed by atoms with Crippen LogP contribution in [0.15, 0.2) is 48.6 Å². The van der Waals surface area contributed by atoms with E-state index in [4.69, 9.17) is 0 Å². The Kier molecular flexibility index (Phi) is 5.21. The second-order valence-corrected chi connectivity index (χ2v) is 4.01. The van der Waals surface area contributed by atoms with Crippen LogP contribution < -0.4 is 0 Å². The Bertz CT molecular complexity index is 432. The number of allylic oxidation sites excluding steroid dienone is 3. The highest BCUT2D eigenvalue weighted by Crippen LogP contribution is 2.09. The molecule has 0 saturated heterocycles. The van der Waals surface area contributed by atoms with Crippen molar-refractivity contribution in [3.05, 3.63) is 59.7 Å². The molecule has 0 spiro atoms. The zero-order valence-electron chi connectivity index (χ0n) is 10.7. The predicted octanol–water partition coefficient (Wildman–Crippen LogP) is 3.09. The van der Waals surface area contributed by atoms with Gasteiger partial charge in [0.2, 0.25) is 5.91 Å². The quantitative estimate of drug-likeness (QED) is 0.574. The largest absolute Gasteiger partial charge is 0.338 e. The van der Waals surface area contributed by atoms with Gasteiger partial charge in [-0.1, -0.05) is 42.5 Å². The summed E-state index contributed by atoms with van der Waals surface area (Å²) >= 11 is 0. The predicted molar refractivity (Wildman–Crippen MR) is 71.6 cm³/mol. The minimum atomic E-state index is 0.0198. The molecule has 0 aliphatic rings. The number of likely N-dealkylation sites (N-methyl/N-ethyl adjacent to an activating group) is 1. The topological polar surface area (TPSA) is 20.3 Å². The minimum Gasteiger partial charge on any atom is -0.338 e. The normalized spacial score (nSPS) is 11.2. The summed E-state index contributed by atoms with van der Waals surface area (Å²) in [6, 6.07) is 8.11. The van der Waals surface area contributed by atoms with Crippen molar-refractivity contribution < 1.29 is 4.79 Å². The van der Waals surface area contributed by atoms with Crippen LogP contribution in [-0.4, -0.2) is 17.9 Å². The first kappa shape index (κ1) is 13.2. The number of amides is 1. The van der Waals surface area contributed by atoms with Crippen LogP contribution in [0, 0.1) is 6.92 Å². The van der Waals surface area contributed by atoms with Crippen molar-refractivity contribution in [3.63, 3.8) is 0 Å². The Labute approximate surface area is 103 Å². The average Bonchev–Trinajstić information content (AvgIpc) is 2.32. The van der Waals surface area contributed by atoms with Crippen LogP contribution in [0.25, 0.3) is 0 Å². The molecule has 0 bridgehead atoms. The summed E-state index contributed by atoms with van der Waals surface area (Å²) < 4.78 is 0. The van der Waals surface area contributed by atoms with E-state index in [1.807, 2.05) is 38.3 Å². The van der Waals surface area contributed by atoms with E-state index in [0.29, 0.717) is 6.54 Å². The summed E-state index contributed by atoms with van der Waals surface area (Å²) in [5.41, 5.74) is 2.40. The first-order chi connectivity index (χ1) is 8.15. The molecule has 90 valence electrons. The van der Waals surface area contributed by atoms with Gasteiger partial charge < -0.3 is 4.90 Å². The molecule has 0 aromatic heterocycles. The van der Waals surface area contributed by atoms with Crippen molar-refractivity contribution in [3.8, 4) is 0 Å². The second kappa shape index (κ2) is 6.69. The zero-order chi connectivity index (χ0) is 12.7. The summed E-state index contributed by atoms with van der Waals surface area (Å²) in [5.74, 6) is 0.0198. The first-order valence-electron chi connectivity index (χ1n) is 5.74. The van der Waals surface area contributed by atoms with E-state index >= 15 is 0 Å². The monoisotopic (exact) mass is 229 g/mol. The van der Waals surface area contributed by atoms with Crippen LogP contribution in [0.2, 0.25) is 0 Å². The van der Waals surface area contributed by atoms with Gasteiger partial charge in [-0.25, -0.2) is 0 Å². The van der Waals surface area contributed by atoms with E-state index in [-0.39, 0.29) is 5.91 Å². The molecule has 1 amide bonds. The van der Waals surface area contributed by atoms with Crippen LogP contribution in [-0.2, 0) is 11.3 Å². The maximum atomic E-state index is 11.7. The summed E-state index contributed by atoms with van der Waals surface area (Å²) in [6.45, 7) is 4.63. The number of aryl methyl sites for hydroxylation is 1. The van der Waals surface area contributed by atoms with Crippen LogP contribution in [0.4, 0.5) is 0 Å². The molecule has 1 rings (SSSR count). The molecule has 0 heterocycles. The Morgan fingerprint density at radius 3 is 2.65 bits per heavy atom. The number of hydrogen-bond acceptors (Lipinski definition) is 1. The lowest BCUT2D eigenvalue weighted by atomic mass is 10.1. The van der Waals surface area contributed by atoms with Crippen LogP contribution >= 0.6 is 0 Å². The lowest BCUT2D eigenvalue weighted by Crippen LogP contribution is -2.24. The third kappa shape index (κ3) is 4.27. The van der Waals surface area contributed by atoms with Crippen LogP contribution in [0.5, 0.6) is 0 Å². The van der Waals surface area contributed by atoms with E-state index in [9.17, 15) is 4.79 Å². The first-order valence-corrected chi connectivity index (χ1v) is 5.74. The van der Waals surface area contributed by atoms with Gasteiger partial charge in [0.05, 0.1) is 0 Å². The van der Waals surface area contributed by atoms with E-state index in [2.05, 4.69) is 19.1 Å². The van der Waals surface area contributed by atoms with Crippen LogP contribution in [0.1, 0.15) is 18.1 Å². The van der Waals surface area contributed by atoms with Crippen molar-refractivity contribution in [1.29, 1.82) is 0 Å². The summed E-state index contributed by atoms with van der Waals surface area (Å²) in [6.07, 6.45) is 7.08. The number of hydrogen-bond donors (Lipinski definition) is 0. The fourth-order valence-corrected chi connectivity index (χ4v) is 1.50. The van der Waals surface area contributed by atoms with E-state index in [1.54, 1.807) is 17.1 Å². The van der Waals surface area contributed by atoms with E-state index in [0.717, 1.165) is 0 Å². The molecule has 0 atom stereocenters. The number of benzene rings is 1. The van der Waals surface area contributed by atoms with Gasteiger partial charge in [0.1, 0.15) is 0 Å². The number of carbonyl (C=O) groups excluding carboxylic acids is 1. The third-order valence-electron chi connectivity index (χ3n) is 2.59. The van der Waals surface area contributed by atoms with Gasteiger partial charge in [0.25, 0.3) is 0 Å². The fraction of sp³-hybridized carbons (Fsp3) is 0.267. The van der Waals surface area contributed by atoms with Gasteiger partial charge in [-0.2, -0.15) is 0 Å². The van der Waals surface area contributed by atoms with E-state index in [1.165, 1.54) is 11.1 Å². The second-order valence-electron chi connectivity index (χ2n) is 4.01. The SMILES string of the molecule is C/C=C/C=C/C(=O)N(C)Cc1ccccc1C. The molecule has 0 N–H and O–H groups in total. The minimum absolute atomic E-state index is 0.0198. The molecule has 0 aliphatic carbocycles. The molecule has 1 aromatic carbocycles. The maximum absolute atomic E-state index is 11.7. The Balaban J connectivity index is 2.63. The number of nitrogens with zero attached hydrogens (tertiary/aromatic N) is 1. The van der Waals surface area contributed by atoms with Gasteiger partial charge >= 0.3 is 0 Å². The van der Waals surface area contributed by atoms with Gasteiger partial charge in [-0.3, -0.25) is 4.79 Å². The third-order valence-corrected chi connectivity index (χ3v) is 2.59. The van der Waals surface area contributed by atoms with Gasteiger partial charge in [0.15, 0.2) is 0 Å². The van der Waals surface area contributed by atoms with Gasteiger partial charge in [-0.15, -0.1) is 0 Å². The summed E-state index contributed by atoms with van der Waals surface area (Å²) in [7, 11) is 1.81. The van der Waals surface area contributed by atoms with Crippen molar-refractivity contribution >= 4 is 5.91 Å². The standard InChI is InChI=1S/C15H19NO/c1-4-5-6-11-15(17)16(3)12-14-10-8-7-9-13(14)2/h4-11H,12H2,1-3H3/b5-4+,11-6+. The van der Waals surface area contributed by atoms with E-state index < -0.39 is 0 Å². The summed E-state index contributed by atoms with van der Waals surface area (Å²) in [4.78, 5) is 13.4. The van der Waals surface area contributed by atoms with Crippen molar-refractivity contribution in [2.45, 2.75) is 20.4 Å². The highest BCUT2D eigenvalue weighted by molar-refractivity contribution is 5.87. The lowest BCUT2D eigenvalue weighted by molar-refractivity contribution is -0.125. The zero-order valence-corrected chi connectivity index (χ0v) is 10.7. The number of carbonyl (C=O) groups is 1. The summed E-state index contributed by atoms with van der Waals surface area (Å²) in [5, 5.41) is 0. The molecular formula is C15H19NO. The lowest BCUT2D eigenvalue weighted by Gasteiger charge is -2.16. The van der Waals surface area contributed by atoms with Gasteiger partial charge in [0, 0.05) is 19.7 Å². The average molecular weight is 229 g/mol. The van der Waals surface area contributed by atoms with Crippen molar-refractivity contribution in [2.24, 2.45) is 0 Å². The molecule has 0 aliphatic heterocycles. The Morgan fingerprint density at radius 2 is 2.00 bits per heavy atom. The van der Waals surface area contributed by atoms with Crippen molar-refractivity contribution in [1.82, 2.24) is 4.90 Å². The molecule has 0 saturated carbocycles. The molecule has 0 fully saturated rings. The fourth-order valence-electron chi connectivity index (χ4n) is 1.50. The van der Waals surface area contributed by atoms with Crippen LogP contribution in [0.3, 0.4) is 0 Å². The maximum Gasteiger partial charge on any atom is 0.246 e. The highest BCUT2D eigenvalue weighted by Gasteiger charge is 2.06. The molecule has 0 unspecified atom stereocenters.